The summed E-state index contributed by atoms with van der Waals surface area (Å²) in [6, 6.07) is 8.83. The SMILES string of the molecule is CC.CC.CCCC.COCCCCCc1ccc(C)cc1. The lowest BCUT2D eigenvalue weighted by molar-refractivity contribution is 0.192. The third-order valence-electron chi connectivity index (χ3n) is 2.93. The molecule has 1 rings (SSSR count). The Bertz CT molecular complexity index is 262. The van der Waals surface area contributed by atoms with Crippen molar-refractivity contribution in [3.05, 3.63) is 35.4 Å². The quantitative estimate of drug-likeness (QED) is 0.483. The Kier molecular flexibility index (Phi) is 29.8. The van der Waals surface area contributed by atoms with Gasteiger partial charge >= 0.3 is 0 Å². The number of benzene rings is 1. The number of aryl methyl sites for hydroxylation is 2. The lowest BCUT2D eigenvalue weighted by Crippen LogP contribution is -1.90. The standard InChI is InChI=1S/C13H20O.C4H10.2C2H6/c1-12-7-9-13(10-8-12)6-4-3-5-11-14-2;1-3-4-2;2*1-2/h7-10H,3-6,11H2,1-2H3;3-4H2,1-2H3;2*1-2H3. The number of methoxy groups -OCH3 is 1. The zero-order chi connectivity index (χ0) is 17.6. The van der Waals surface area contributed by atoms with Crippen LogP contribution in [0, 0.1) is 6.92 Å². The first kappa shape index (κ1) is 26.1. The van der Waals surface area contributed by atoms with Gasteiger partial charge in [-0.2, -0.15) is 0 Å². The molecule has 1 aromatic carbocycles. The van der Waals surface area contributed by atoms with Crippen molar-refractivity contribution in [2.24, 2.45) is 0 Å². The molecule has 22 heavy (non-hydrogen) atoms. The minimum atomic E-state index is 0.897. The van der Waals surface area contributed by atoms with Gasteiger partial charge in [0.2, 0.25) is 0 Å². The molecule has 0 heterocycles. The lowest BCUT2D eigenvalue weighted by Gasteiger charge is -2.02. The fourth-order valence-electron chi connectivity index (χ4n) is 1.51. The molecule has 0 aliphatic heterocycles. The first-order valence-electron chi connectivity index (χ1n) is 9.29. The highest BCUT2D eigenvalue weighted by molar-refractivity contribution is 5.21. The van der Waals surface area contributed by atoms with Crippen molar-refractivity contribution in [2.75, 3.05) is 13.7 Å². The van der Waals surface area contributed by atoms with Crippen LogP contribution in [-0.4, -0.2) is 13.7 Å². The molecule has 0 aliphatic rings. The Hall–Kier alpha value is -0.820. The minimum Gasteiger partial charge on any atom is -0.385 e. The first-order chi connectivity index (χ1) is 10.7. The highest BCUT2D eigenvalue weighted by atomic mass is 16.5. The van der Waals surface area contributed by atoms with Crippen molar-refractivity contribution in [1.29, 1.82) is 0 Å². The second kappa shape index (κ2) is 25.2. The van der Waals surface area contributed by atoms with Gasteiger partial charge in [-0.25, -0.2) is 0 Å². The van der Waals surface area contributed by atoms with Crippen molar-refractivity contribution in [2.45, 2.75) is 87.0 Å². The summed E-state index contributed by atoms with van der Waals surface area (Å²) < 4.78 is 5.01. The lowest BCUT2D eigenvalue weighted by atomic mass is 10.1. The van der Waals surface area contributed by atoms with Gasteiger partial charge in [0.15, 0.2) is 0 Å². The summed E-state index contributed by atoms with van der Waals surface area (Å²) in [5, 5.41) is 0. The molecule has 0 N–H and O–H groups in total. The van der Waals surface area contributed by atoms with Crippen LogP contribution in [0.15, 0.2) is 24.3 Å². The largest absolute Gasteiger partial charge is 0.385 e. The Labute approximate surface area is 141 Å². The molecule has 1 nitrogen and oxygen atoms in total. The van der Waals surface area contributed by atoms with Gasteiger partial charge in [0.05, 0.1) is 0 Å². The van der Waals surface area contributed by atoms with Crippen molar-refractivity contribution in [3.8, 4) is 0 Å². The summed E-state index contributed by atoms with van der Waals surface area (Å²) in [4.78, 5) is 0. The van der Waals surface area contributed by atoms with Crippen LogP contribution >= 0.6 is 0 Å². The molecule has 0 radical (unpaired) electrons. The zero-order valence-electron chi connectivity index (χ0n) is 16.7. The third-order valence-corrected chi connectivity index (χ3v) is 2.93. The van der Waals surface area contributed by atoms with E-state index in [0.29, 0.717) is 0 Å². The molecular weight excluding hydrogens is 268 g/mol. The van der Waals surface area contributed by atoms with Crippen LogP contribution in [0.1, 0.15) is 84.8 Å². The smallest absolute Gasteiger partial charge is 0.0462 e. The van der Waals surface area contributed by atoms with E-state index in [2.05, 4.69) is 45.0 Å². The van der Waals surface area contributed by atoms with E-state index in [-0.39, 0.29) is 0 Å². The highest BCUT2D eigenvalue weighted by Crippen LogP contribution is 2.08. The Morgan fingerprint density at radius 2 is 1.27 bits per heavy atom. The van der Waals surface area contributed by atoms with Gasteiger partial charge in [-0.05, 0) is 31.7 Å². The Morgan fingerprint density at radius 1 is 0.773 bits per heavy atom. The first-order valence-corrected chi connectivity index (χ1v) is 9.29. The summed E-state index contributed by atoms with van der Waals surface area (Å²) in [6.45, 7) is 15.4. The van der Waals surface area contributed by atoms with Gasteiger partial charge in [-0.1, -0.05) is 90.6 Å². The number of hydrogen-bond acceptors (Lipinski definition) is 1. The topological polar surface area (TPSA) is 9.23 Å². The molecule has 1 heteroatoms. The number of ether oxygens (including phenoxy) is 1. The van der Waals surface area contributed by atoms with Gasteiger partial charge in [-0.15, -0.1) is 0 Å². The predicted molar refractivity (Wildman–Crippen MR) is 104 cm³/mol. The third kappa shape index (κ3) is 21.5. The molecule has 1 aromatic rings. The van der Waals surface area contributed by atoms with Crippen LogP contribution in [0.25, 0.3) is 0 Å². The molecule has 0 saturated heterocycles. The average molecular weight is 311 g/mol. The molecular formula is C21H42O. The monoisotopic (exact) mass is 310 g/mol. The van der Waals surface area contributed by atoms with E-state index in [1.165, 1.54) is 49.7 Å². The van der Waals surface area contributed by atoms with Crippen molar-refractivity contribution in [3.63, 3.8) is 0 Å². The van der Waals surface area contributed by atoms with Crippen LogP contribution in [0.3, 0.4) is 0 Å². The average Bonchev–Trinajstić information content (AvgIpc) is 2.60. The van der Waals surface area contributed by atoms with E-state index in [1.54, 1.807) is 7.11 Å². The van der Waals surface area contributed by atoms with E-state index in [4.69, 9.17) is 4.74 Å². The van der Waals surface area contributed by atoms with Crippen LogP contribution in [0.5, 0.6) is 0 Å². The maximum atomic E-state index is 5.01. The highest BCUT2D eigenvalue weighted by Gasteiger charge is 1.93. The fourth-order valence-corrected chi connectivity index (χ4v) is 1.51. The number of hydrogen-bond donors (Lipinski definition) is 0. The van der Waals surface area contributed by atoms with E-state index in [9.17, 15) is 0 Å². The molecule has 0 atom stereocenters. The van der Waals surface area contributed by atoms with Crippen molar-refractivity contribution < 1.29 is 4.74 Å². The maximum absolute atomic E-state index is 5.01. The summed E-state index contributed by atoms with van der Waals surface area (Å²) in [5.41, 5.74) is 2.79. The number of rotatable bonds is 7. The van der Waals surface area contributed by atoms with E-state index >= 15 is 0 Å². The van der Waals surface area contributed by atoms with Gasteiger partial charge < -0.3 is 4.74 Å². The van der Waals surface area contributed by atoms with Crippen LogP contribution in [0.4, 0.5) is 0 Å². The maximum Gasteiger partial charge on any atom is 0.0462 e. The molecule has 132 valence electrons. The number of unbranched alkanes of at least 4 members (excludes halogenated alkanes) is 3. The van der Waals surface area contributed by atoms with Crippen LogP contribution in [0.2, 0.25) is 0 Å². The Morgan fingerprint density at radius 3 is 1.68 bits per heavy atom. The second-order valence-corrected chi connectivity index (χ2v) is 4.79. The van der Waals surface area contributed by atoms with Crippen LogP contribution < -0.4 is 0 Å². The van der Waals surface area contributed by atoms with Gasteiger partial charge in [0.25, 0.3) is 0 Å². The van der Waals surface area contributed by atoms with Crippen molar-refractivity contribution >= 4 is 0 Å². The van der Waals surface area contributed by atoms with Crippen molar-refractivity contribution in [1.82, 2.24) is 0 Å². The molecule has 0 saturated carbocycles. The Balaban J connectivity index is -0.000000383. The van der Waals surface area contributed by atoms with Gasteiger partial charge in [-0.3, -0.25) is 0 Å². The normalized spacial score (nSPS) is 8.55. The molecule has 0 spiro atoms. The molecule has 0 fully saturated rings. The zero-order valence-corrected chi connectivity index (χ0v) is 16.7. The van der Waals surface area contributed by atoms with E-state index in [0.717, 1.165) is 6.61 Å². The fraction of sp³-hybridized carbons (Fsp3) is 0.714. The molecule has 0 unspecified atom stereocenters. The predicted octanol–water partition coefficient (Wildman–Crippen LogP) is 7.21. The summed E-state index contributed by atoms with van der Waals surface area (Å²) in [7, 11) is 1.76. The molecule has 0 amide bonds. The van der Waals surface area contributed by atoms with Crippen LogP contribution in [-0.2, 0) is 11.2 Å². The minimum absolute atomic E-state index is 0.897. The summed E-state index contributed by atoms with van der Waals surface area (Å²) in [5.74, 6) is 0. The van der Waals surface area contributed by atoms with E-state index in [1.807, 2.05) is 27.7 Å². The van der Waals surface area contributed by atoms with Gasteiger partial charge in [0, 0.05) is 13.7 Å². The van der Waals surface area contributed by atoms with E-state index < -0.39 is 0 Å². The summed E-state index contributed by atoms with van der Waals surface area (Å²) in [6.07, 6.45) is 7.56. The van der Waals surface area contributed by atoms with Gasteiger partial charge in [0.1, 0.15) is 0 Å². The summed E-state index contributed by atoms with van der Waals surface area (Å²) >= 11 is 0. The molecule has 0 bridgehead atoms. The second-order valence-electron chi connectivity index (χ2n) is 4.79. The molecule has 0 aromatic heterocycles. The molecule has 0 aliphatic carbocycles.